The molecular formula is C19H23ClFN7O. The molecule has 0 aliphatic carbocycles. The SMILES string of the molecule is Fc1cccc(Cl)c1C=NNc1nc(N2CCCCC2)nc(N2CCOCC2)n1. The van der Waals surface area contributed by atoms with Gasteiger partial charge in [0.05, 0.1) is 24.5 Å². The second-order valence-corrected chi connectivity index (χ2v) is 7.32. The second-order valence-electron chi connectivity index (χ2n) is 6.91. The van der Waals surface area contributed by atoms with E-state index < -0.39 is 5.82 Å². The van der Waals surface area contributed by atoms with E-state index in [4.69, 9.17) is 16.3 Å². The van der Waals surface area contributed by atoms with Gasteiger partial charge in [-0.3, -0.25) is 0 Å². The maximum Gasteiger partial charge on any atom is 0.250 e. The first kappa shape index (κ1) is 19.8. The Balaban J connectivity index is 1.58. The van der Waals surface area contributed by atoms with Crippen LogP contribution in [-0.2, 0) is 4.74 Å². The Morgan fingerprint density at radius 3 is 2.38 bits per heavy atom. The number of benzene rings is 1. The standard InChI is InChI=1S/C19H23ClFN7O/c20-15-5-4-6-16(21)14(15)13-22-26-17-23-18(27-7-2-1-3-8-27)25-19(24-17)28-9-11-29-12-10-28/h4-6,13H,1-3,7-12H2,(H,23,24,25,26). The first-order valence-electron chi connectivity index (χ1n) is 9.77. The zero-order valence-corrected chi connectivity index (χ0v) is 16.8. The number of halogens is 2. The van der Waals surface area contributed by atoms with Gasteiger partial charge in [-0.1, -0.05) is 17.7 Å². The smallest absolute Gasteiger partial charge is 0.250 e. The van der Waals surface area contributed by atoms with Gasteiger partial charge in [-0.2, -0.15) is 20.1 Å². The van der Waals surface area contributed by atoms with Crippen LogP contribution in [0.1, 0.15) is 24.8 Å². The Kier molecular flexibility index (Phi) is 6.36. The van der Waals surface area contributed by atoms with Crippen LogP contribution in [0.2, 0.25) is 5.02 Å². The molecule has 4 rings (SSSR count). The molecule has 0 bridgehead atoms. The summed E-state index contributed by atoms with van der Waals surface area (Å²) in [5.41, 5.74) is 3.01. The number of ether oxygens (including phenoxy) is 1. The largest absolute Gasteiger partial charge is 0.378 e. The van der Waals surface area contributed by atoms with Gasteiger partial charge in [0, 0.05) is 31.7 Å². The first-order chi connectivity index (χ1) is 14.2. The van der Waals surface area contributed by atoms with Crippen molar-refractivity contribution < 1.29 is 9.13 Å². The fourth-order valence-corrected chi connectivity index (χ4v) is 3.54. The predicted octanol–water partition coefficient (Wildman–Crippen LogP) is 2.94. The van der Waals surface area contributed by atoms with E-state index in [1.165, 1.54) is 18.7 Å². The number of hydrazone groups is 1. The van der Waals surface area contributed by atoms with Crippen LogP contribution in [0.4, 0.5) is 22.2 Å². The summed E-state index contributed by atoms with van der Waals surface area (Å²) in [6.07, 6.45) is 4.78. The normalized spacial score (nSPS) is 17.7. The Morgan fingerprint density at radius 2 is 1.69 bits per heavy atom. The van der Waals surface area contributed by atoms with Crippen LogP contribution in [0.5, 0.6) is 0 Å². The van der Waals surface area contributed by atoms with Crippen molar-refractivity contribution in [3.05, 3.63) is 34.6 Å². The average molecular weight is 420 g/mol. The number of hydrogen-bond acceptors (Lipinski definition) is 8. The van der Waals surface area contributed by atoms with E-state index in [0.29, 0.717) is 31.1 Å². The van der Waals surface area contributed by atoms with Gasteiger partial charge in [-0.25, -0.2) is 9.82 Å². The van der Waals surface area contributed by atoms with Gasteiger partial charge in [0.2, 0.25) is 17.8 Å². The number of nitrogens with zero attached hydrogens (tertiary/aromatic N) is 6. The number of hydrogen-bond donors (Lipinski definition) is 1. The lowest BCUT2D eigenvalue weighted by atomic mass is 10.1. The molecule has 0 atom stereocenters. The maximum atomic E-state index is 13.9. The van der Waals surface area contributed by atoms with Crippen molar-refractivity contribution >= 4 is 35.7 Å². The van der Waals surface area contributed by atoms with Crippen molar-refractivity contribution in [1.82, 2.24) is 15.0 Å². The summed E-state index contributed by atoms with van der Waals surface area (Å²) in [6.45, 7) is 4.54. The van der Waals surface area contributed by atoms with Crippen molar-refractivity contribution in [1.29, 1.82) is 0 Å². The third-order valence-electron chi connectivity index (χ3n) is 4.90. The maximum absolute atomic E-state index is 13.9. The third-order valence-corrected chi connectivity index (χ3v) is 5.23. The minimum atomic E-state index is -0.443. The lowest BCUT2D eigenvalue weighted by Gasteiger charge is -2.30. The van der Waals surface area contributed by atoms with E-state index in [0.717, 1.165) is 39.0 Å². The topological polar surface area (TPSA) is 78.8 Å². The molecule has 2 fully saturated rings. The van der Waals surface area contributed by atoms with Crippen LogP contribution in [0.25, 0.3) is 0 Å². The molecular weight excluding hydrogens is 397 g/mol. The van der Waals surface area contributed by atoms with Gasteiger partial charge in [0.1, 0.15) is 5.82 Å². The summed E-state index contributed by atoms with van der Waals surface area (Å²) in [7, 11) is 0. The molecule has 1 aromatic heterocycles. The molecule has 1 N–H and O–H groups in total. The highest BCUT2D eigenvalue weighted by atomic mass is 35.5. The lowest BCUT2D eigenvalue weighted by molar-refractivity contribution is 0.122. The molecule has 0 radical (unpaired) electrons. The van der Waals surface area contributed by atoms with Gasteiger partial charge in [0.25, 0.3) is 0 Å². The molecule has 0 unspecified atom stereocenters. The van der Waals surface area contributed by atoms with Crippen LogP contribution < -0.4 is 15.2 Å². The quantitative estimate of drug-likeness (QED) is 0.589. The highest BCUT2D eigenvalue weighted by molar-refractivity contribution is 6.33. The molecule has 2 aliphatic rings. The number of rotatable bonds is 5. The number of morpholine rings is 1. The Hall–Kier alpha value is -2.52. The number of aromatic nitrogens is 3. The van der Waals surface area contributed by atoms with Gasteiger partial charge in [-0.15, -0.1) is 0 Å². The Morgan fingerprint density at radius 1 is 1.00 bits per heavy atom. The fraction of sp³-hybridized carbons (Fsp3) is 0.474. The average Bonchev–Trinajstić information content (AvgIpc) is 2.77. The molecule has 2 aromatic rings. The number of anilines is 3. The van der Waals surface area contributed by atoms with E-state index in [1.54, 1.807) is 12.1 Å². The second kappa shape index (κ2) is 9.32. The van der Waals surface area contributed by atoms with Gasteiger partial charge in [0.15, 0.2) is 0 Å². The predicted molar refractivity (Wildman–Crippen MR) is 112 cm³/mol. The van der Waals surface area contributed by atoms with Crippen LogP contribution >= 0.6 is 11.6 Å². The highest BCUT2D eigenvalue weighted by Crippen LogP contribution is 2.21. The van der Waals surface area contributed by atoms with Crippen molar-refractivity contribution in [3.63, 3.8) is 0 Å². The molecule has 3 heterocycles. The zero-order chi connectivity index (χ0) is 20.1. The monoisotopic (exact) mass is 419 g/mol. The molecule has 2 aliphatic heterocycles. The number of piperidine rings is 1. The fourth-order valence-electron chi connectivity index (χ4n) is 3.33. The van der Waals surface area contributed by atoms with E-state index in [9.17, 15) is 4.39 Å². The van der Waals surface area contributed by atoms with Crippen LogP contribution in [0, 0.1) is 5.82 Å². The molecule has 2 saturated heterocycles. The summed E-state index contributed by atoms with van der Waals surface area (Å²) >= 11 is 6.04. The zero-order valence-electron chi connectivity index (χ0n) is 16.0. The summed E-state index contributed by atoms with van der Waals surface area (Å²) < 4.78 is 19.3. The van der Waals surface area contributed by atoms with Crippen molar-refractivity contribution in [2.24, 2.45) is 5.10 Å². The molecule has 1 aromatic carbocycles. The Bertz CT molecular complexity index is 813. The highest BCUT2D eigenvalue weighted by Gasteiger charge is 2.20. The Labute approximate surface area is 173 Å². The van der Waals surface area contributed by atoms with Gasteiger partial charge >= 0.3 is 0 Å². The minimum Gasteiger partial charge on any atom is -0.378 e. The van der Waals surface area contributed by atoms with Crippen LogP contribution in [0.15, 0.2) is 23.3 Å². The summed E-state index contributed by atoms with van der Waals surface area (Å²) in [5, 5.41) is 4.38. The van der Waals surface area contributed by atoms with E-state index in [1.807, 2.05) is 0 Å². The van der Waals surface area contributed by atoms with Crippen molar-refractivity contribution in [2.75, 3.05) is 54.6 Å². The van der Waals surface area contributed by atoms with Crippen LogP contribution in [-0.4, -0.2) is 60.6 Å². The lowest BCUT2D eigenvalue weighted by Crippen LogP contribution is -2.38. The first-order valence-corrected chi connectivity index (χ1v) is 10.2. The summed E-state index contributed by atoms with van der Waals surface area (Å²) in [5.74, 6) is 1.08. The number of nitrogens with one attached hydrogen (secondary N) is 1. The molecule has 154 valence electrons. The molecule has 0 spiro atoms. The van der Waals surface area contributed by atoms with E-state index >= 15 is 0 Å². The van der Waals surface area contributed by atoms with E-state index in [2.05, 4.69) is 35.3 Å². The summed E-state index contributed by atoms with van der Waals surface area (Å²) in [4.78, 5) is 17.9. The van der Waals surface area contributed by atoms with Crippen molar-refractivity contribution in [2.45, 2.75) is 19.3 Å². The van der Waals surface area contributed by atoms with Crippen LogP contribution in [0.3, 0.4) is 0 Å². The molecule has 10 heteroatoms. The molecule has 8 nitrogen and oxygen atoms in total. The van der Waals surface area contributed by atoms with E-state index in [-0.39, 0.29) is 10.6 Å². The minimum absolute atomic E-state index is 0.209. The summed E-state index contributed by atoms with van der Waals surface area (Å²) in [6, 6.07) is 4.50. The van der Waals surface area contributed by atoms with Gasteiger partial charge in [-0.05, 0) is 31.4 Å². The third kappa shape index (κ3) is 4.91. The molecule has 29 heavy (non-hydrogen) atoms. The van der Waals surface area contributed by atoms with Gasteiger partial charge < -0.3 is 14.5 Å². The molecule has 0 saturated carbocycles. The van der Waals surface area contributed by atoms with Crippen molar-refractivity contribution in [3.8, 4) is 0 Å². The molecule has 0 amide bonds.